The predicted octanol–water partition coefficient (Wildman–Crippen LogP) is 6.05. The van der Waals surface area contributed by atoms with Gasteiger partial charge in [-0.3, -0.25) is 0 Å². The quantitative estimate of drug-likeness (QED) is 0.430. The molecule has 1 rings (SSSR count). The van der Waals surface area contributed by atoms with Gasteiger partial charge in [0.25, 0.3) is 0 Å². The molecule has 0 nitrogen and oxygen atoms in total. The van der Waals surface area contributed by atoms with Crippen molar-refractivity contribution in [2.24, 2.45) is 0 Å². The van der Waals surface area contributed by atoms with Crippen LogP contribution < -0.4 is 0 Å². The SMILES string of the molecule is C.C=C.C=C/C(=C\C)c1ccc(C)cc1.CC. The number of aryl methyl sites for hydroxylation is 1. The molecule has 0 fully saturated rings. The monoisotopic (exact) mass is 232 g/mol. The standard InChI is InChI=1S/C12H14.C2H6.C2H4.CH4/c1-4-11(5-2)12-8-6-10(3)7-9-12;2*1-2;/h4-9H,1H2,2-3H3;1-2H3;1-2H2;1H4/b11-5+;;;. The van der Waals surface area contributed by atoms with Crippen molar-refractivity contribution in [2.75, 3.05) is 0 Å². The molecule has 0 radical (unpaired) electrons. The molecule has 1 aromatic rings. The summed E-state index contributed by atoms with van der Waals surface area (Å²) < 4.78 is 0. The van der Waals surface area contributed by atoms with Crippen molar-refractivity contribution >= 4 is 5.57 Å². The van der Waals surface area contributed by atoms with E-state index >= 15 is 0 Å². The minimum Gasteiger partial charge on any atom is -0.106 e. The van der Waals surface area contributed by atoms with Gasteiger partial charge in [0, 0.05) is 0 Å². The van der Waals surface area contributed by atoms with Crippen LogP contribution in [0.4, 0.5) is 0 Å². The van der Waals surface area contributed by atoms with E-state index in [1.165, 1.54) is 16.7 Å². The summed E-state index contributed by atoms with van der Waals surface area (Å²) in [7, 11) is 0. The Morgan fingerprint density at radius 1 is 1.06 bits per heavy atom. The summed E-state index contributed by atoms with van der Waals surface area (Å²) in [6, 6.07) is 8.46. The Morgan fingerprint density at radius 2 is 1.47 bits per heavy atom. The Hall–Kier alpha value is -1.56. The molecular weight excluding hydrogens is 204 g/mol. The largest absolute Gasteiger partial charge is 0.106 e. The first-order valence-electron chi connectivity index (χ1n) is 5.63. The van der Waals surface area contributed by atoms with Crippen LogP contribution in [0, 0.1) is 6.92 Å². The third-order valence-electron chi connectivity index (χ3n) is 1.92. The Bertz CT molecular complexity index is 301. The fraction of sp³-hybridized carbons (Fsp3) is 0.294. The lowest BCUT2D eigenvalue weighted by Gasteiger charge is -2.01. The average molecular weight is 232 g/mol. The molecule has 0 aliphatic carbocycles. The Morgan fingerprint density at radius 3 is 1.76 bits per heavy atom. The van der Waals surface area contributed by atoms with Gasteiger partial charge in [0.1, 0.15) is 0 Å². The lowest BCUT2D eigenvalue weighted by atomic mass is 10.0. The molecule has 0 amide bonds. The molecule has 0 heteroatoms. The zero-order valence-corrected chi connectivity index (χ0v) is 11.1. The molecule has 0 atom stereocenters. The van der Waals surface area contributed by atoms with E-state index in [1.807, 2.05) is 26.8 Å². The van der Waals surface area contributed by atoms with E-state index in [2.05, 4.69) is 57.0 Å². The molecule has 0 spiro atoms. The van der Waals surface area contributed by atoms with Crippen molar-refractivity contribution < 1.29 is 0 Å². The first kappa shape index (κ1) is 20.8. The number of rotatable bonds is 2. The van der Waals surface area contributed by atoms with Crippen molar-refractivity contribution in [1.29, 1.82) is 0 Å². The van der Waals surface area contributed by atoms with Gasteiger partial charge in [-0.1, -0.05) is 69.8 Å². The second-order valence-corrected chi connectivity index (χ2v) is 2.81. The number of allylic oxidation sites excluding steroid dienone is 3. The van der Waals surface area contributed by atoms with Crippen LogP contribution in [0.2, 0.25) is 0 Å². The van der Waals surface area contributed by atoms with Gasteiger partial charge in [-0.15, -0.1) is 13.2 Å². The van der Waals surface area contributed by atoms with Crippen molar-refractivity contribution in [3.63, 3.8) is 0 Å². The van der Waals surface area contributed by atoms with Gasteiger partial charge in [-0.2, -0.15) is 0 Å². The van der Waals surface area contributed by atoms with E-state index < -0.39 is 0 Å². The Labute approximate surface area is 108 Å². The van der Waals surface area contributed by atoms with E-state index in [9.17, 15) is 0 Å². The highest BCUT2D eigenvalue weighted by atomic mass is 14.0. The molecule has 0 aromatic heterocycles. The van der Waals surface area contributed by atoms with Crippen LogP contribution in [0.3, 0.4) is 0 Å². The molecule has 0 heterocycles. The molecule has 0 aliphatic rings. The van der Waals surface area contributed by atoms with Crippen LogP contribution in [0.15, 0.2) is 56.2 Å². The number of hydrogen-bond donors (Lipinski definition) is 0. The molecule has 17 heavy (non-hydrogen) atoms. The first-order chi connectivity index (χ1) is 7.77. The van der Waals surface area contributed by atoms with Crippen LogP contribution >= 0.6 is 0 Å². The lowest BCUT2D eigenvalue weighted by Crippen LogP contribution is -1.79. The molecule has 0 unspecified atom stereocenters. The van der Waals surface area contributed by atoms with E-state index in [4.69, 9.17) is 0 Å². The van der Waals surface area contributed by atoms with E-state index in [0.29, 0.717) is 0 Å². The van der Waals surface area contributed by atoms with E-state index in [0.717, 1.165) is 0 Å². The van der Waals surface area contributed by atoms with Crippen molar-refractivity contribution in [2.45, 2.75) is 35.1 Å². The maximum absolute atomic E-state index is 3.76. The zero-order chi connectivity index (χ0) is 13.0. The molecule has 0 saturated heterocycles. The van der Waals surface area contributed by atoms with Crippen molar-refractivity contribution in [3.05, 3.63) is 67.3 Å². The van der Waals surface area contributed by atoms with E-state index in [-0.39, 0.29) is 7.43 Å². The molecule has 0 aliphatic heterocycles. The summed E-state index contributed by atoms with van der Waals surface area (Å²) in [5.41, 5.74) is 3.71. The van der Waals surface area contributed by atoms with Crippen LogP contribution in [-0.4, -0.2) is 0 Å². The fourth-order valence-electron chi connectivity index (χ4n) is 1.15. The van der Waals surface area contributed by atoms with Crippen LogP contribution in [-0.2, 0) is 0 Å². The van der Waals surface area contributed by atoms with Crippen LogP contribution in [0.25, 0.3) is 5.57 Å². The average Bonchev–Trinajstić information content (AvgIpc) is 2.38. The molecule has 96 valence electrons. The smallest absolute Gasteiger partial charge is 0.0187 e. The lowest BCUT2D eigenvalue weighted by molar-refractivity contribution is 1.45. The van der Waals surface area contributed by atoms with E-state index in [1.54, 1.807) is 0 Å². The van der Waals surface area contributed by atoms with Gasteiger partial charge in [0.15, 0.2) is 0 Å². The summed E-state index contributed by atoms with van der Waals surface area (Å²) in [4.78, 5) is 0. The molecule has 0 N–H and O–H groups in total. The minimum atomic E-state index is 0. The fourth-order valence-corrected chi connectivity index (χ4v) is 1.15. The van der Waals surface area contributed by atoms with Gasteiger partial charge in [-0.25, -0.2) is 0 Å². The van der Waals surface area contributed by atoms with Gasteiger partial charge < -0.3 is 0 Å². The summed E-state index contributed by atoms with van der Waals surface area (Å²) in [5.74, 6) is 0. The normalized spacial score (nSPS) is 8.59. The third-order valence-corrected chi connectivity index (χ3v) is 1.92. The molecule has 1 aromatic carbocycles. The van der Waals surface area contributed by atoms with Crippen LogP contribution in [0.5, 0.6) is 0 Å². The highest BCUT2D eigenvalue weighted by Crippen LogP contribution is 2.15. The van der Waals surface area contributed by atoms with Gasteiger partial charge in [0.2, 0.25) is 0 Å². The number of hydrogen-bond acceptors (Lipinski definition) is 0. The van der Waals surface area contributed by atoms with Gasteiger partial charge >= 0.3 is 0 Å². The predicted molar refractivity (Wildman–Crippen MR) is 84.4 cm³/mol. The highest BCUT2D eigenvalue weighted by Gasteiger charge is 1.93. The summed E-state index contributed by atoms with van der Waals surface area (Å²) in [6.45, 7) is 17.9. The topological polar surface area (TPSA) is 0 Å². The van der Waals surface area contributed by atoms with Crippen molar-refractivity contribution in [1.82, 2.24) is 0 Å². The molecular formula is C17H28. The second-order valence-electron chi connectivity index (χ2n) is 2.81. The number of benzene rings is 1. The Kier molecular flexibility index (Phi) is 17.7. The summed E-state index contributed by atoms with van der Waals surface area (Å²) in [6.07, 6.45) is 3.95. The maximum Gasteiger partial charge on any atom is -0.0187 e. The third kappa shape index (κ3) is 8.27. The first-order valence-corrected chi connectivity index (χ1v) is 5.63. The second kappa shape index (κ2) is 14.4. The molecule has 0 bridgehead atoms. The van der Waals surface area contributed by atoms with Crippen LogP contribution in [0.1, 0.15) is 39.3 Å². The van der Waals surface area contributed by atoms with Gasteiger partial charge in [-0.05, 0) is 25.0 Å². The summed E-state index contributed by atoms with van der Waals surface area (Å²) >= 11 is 0. The van der Waals surface area contributed by atoms with Crippen molar-refractivity contribution in [3.8, 4) is 0 Å². The Balaban J connectivity index is -0.000000355. The van der Waals surface area contributed by atoms with Gasteiger partial charge in [0.05, 0.1) is 0 Å². The minimum absolute atomic E-state index is 0. The highest BCUT2D eigenvalue weighted by molar-refractivity contribution is 5.73. The molecule has 0 saturated carbocycles. The maximum atomic E-state index is 3.76. The zero-order valence-electron chi connectivity index (χ0n) is 11.1. The summed E-state index contributed by atoms with van der Waals surface area (Å²) in [5, 5.41) is 0.